The Hall–Kier alpha value is -1.68. The molecule has 1 aromatic rings. The maximum Gasteiger partial charge on any atom is 0.328 e. The van der Waals surface area contributed by atoms with Gasteiger partial charge < -0.3 is 9.84 Å². The molecular weight excluding hydrogens is 235 g/mol. The van der Waals surface area contributed by atoms with Gasteiger partial charge in [0, 0.05) is 18.2 Å². The molecule has 1 aromatic carbocycles. The average molecular weight is 252 g/mol. The quantitative estimate of drug-likeness (QED) is 0.791. The molecule has 0 saturated carbocycles. The van der Waals surface area contributed by atoms with E-state index >= 15 is 0 Å². The summed E-state index contributed by atoms with van der Waals surface area (Å²) in [6.45, 7) is 5.13. The molecule has 0 aromatic heterocycles. The van der Waals surface area contributed by atoms with Crippen molar-refractivity contribution in [1.29, 1.82) is 0 Å². The number of carbonyl (C=O) groups is 1. The van der Waals surface area contributed by atoms with E-state index in [1.807, 2.05) is 13.8 Å². The summed E-state index contributed by atoms with van der Waals surface area (Å²) in [4.78, 5) is 10.4. The fourth-order valence-corrected chi connectivity index (χ4v) is 1.38. The maximum absolute atomic E-state index is 13.4. The minimum Gasteiger partial charge on any atom is -0.478 e. The third kappa shape index (κ3) is 5.10. The Balaban J connectivity index is 2.71. The molecule has 0 saturated heterocycles. The molecule has 1 N–H and O–H groups in total. The lowest BCUT2D eigenvalue weighted by atomic mass is 10.1. The zero-order valence-electron chi connectivity index (χ0n) is 10.5. The summed E-state index contributed by atoms with van der Waals surface area (Å²) in [5.74, 6) is -1.10. The minimum atomic E-state index is -1.10. The van der Waals surface area contributed by atoms with Gasteiger partial charge in [0.1, 0.15) is 5.82 Å². The predicted molar refractivity (Wildman–Crippen MR) is 67.6 cm³/mol. The summed E-state index contributed by atoms with van der Waals surface area (Å²) in [6.07, 6.45) is 2.15. The molecule has 0 aliphatic carbocycles. The zero-order chi connectivity index (χ0) is 13.5. The Morgan fingerprint density at radius 1 is 1.50 bits per heavy atom. The molecule has 4 heteroatoms. The number of ether oxygens (including phenoxy) is 1. The van der Waals surface area contributed by atoms with Crippen LogP contribution in [0.1, 0.15) is 25.0 Å². The Morgan fingerprint density at radius 2 is 2.22 bits per heavy atom. The van der Waals surface area contributed by atoms with Gasteiger partial charge >= 0.3 is 5.97 Å². The maximum atomic E-state index is 13.4. The molecule has 0 bridgehead atoms. The lowest BCUT2D eigenvalue weighted by molar-refractivity contribution is -0.131. The molecule has 0 heterocycles. The fraction of sp³-hybridized carbons (Fsp3) is 0.357. The van der Waals surface area contributed by atoms with Crippen molar-refractivity contribution in [3.05, 3.63) is 41.2 Å². The van der Waals surface area contributed by atoms with Crippen molar-refractivity contribution in [2.24, 2.45) is 5.92 Å². The number of benzene rings is 1. The first-order valence-corrected chi connectivity index (χ1v) is 5.76. The highest BCUT2D eigenvalue weighted by molar-refractivity contribution is 5.85. The molecule has 0 radical (unpaired) electrons. The average Bonchev–Trinajstić information content (AvgIpc) is 2.29. The van der Waals surface area contributed by atoms with Crippen molar-refractivity contribution < 1.29 is 19.0 Å². The summed E-state index contributed by atoms with van der Waals surface area (Å²) in [5, 5.41) is 8.50. The molecule has 0 fully saturated rings. The Morgan fingerprint density at radius 3 is 2.83 bits per heavy atom. The normalized spacial score (nSPS) is 11.3. The molecule has 0 amide bonds. The first-order chi connectivity index (χ1) is 8.49. The Bertz CT molecular complexity index is 439. The number of carboxylic acids is 1. The van der Waals surface area contributed by atoms with Crippen LogP contribution < -0.4 is 0 Å². The Kier molecular flexibility index (Phi) is 5.52. The molecule has 3 nitrogen and oxygen atoms in total. The molecule has 0 aliphatic rings. The number of carboxylic acid groups (broad SMARTS) is 1. The molecular formula is C14H17FO3. The fourth-order valence-electron chi connectivity index (χ4n) is 1.38. The van der Waals surface area contributed by atoms with Crippen LogP contribution >= 0.6 is 0 Å². The van der Waals surface area contributed by atoms with Crippen LogP contribution in [-0.2, 0) is 16.1 Å². The molecule has 0 unspecified atom stereocenters. The first kappa shape index (κ1) is 14.4. The van der Waals surface area contributed by atoms with Crippen molar-refractivity contribution in [3.8, 4) is 0 Å². The monoisotopic (exact) mass is 252 g/mol. The first-order valence-electron chi connectivity index (χ1n) is 5.76. The summed E-state index contributed by atoms with van der Waals surface area (Å²) in [5.41, 5.74) is 1.07. The third-order valence-corrected chi connectivity index (χ3v) is 2.19. The second kappa shape index (κ2) is 6.91. The van der Waals surface area contributed by atoms with Crippen molar-refractivity contribution in [1.82, 2.24) is 0 Å². The lowest BCUT2D eigenvalue weighted by Gasteiger charge is -2.07. The second-order valence-corrected chi connectivity index (χ2v) is 4.44. The van der Waals surface area contributed by atoms with Gasteiger partial charge in [0.25, 0.3) is 0 Å². The van der Waals surface area contributed by atoms with Gasteiger partial charge in [0.15, 0.2) is 0 Å². The largest absolute Gasteiger partial charge is 0.478 e. The van der Waals surface area contributed by atoms with Crippen LogP contribution in [0, 0.1) is 11.7 Å². The summed E-state index contributed by atoms with van der Waals surface area (Å²) < 4.78 is 18.8. The van der Waals surface area contributed by atoms with Gasteiger partial charge in [-0.25, -0.2) is 9.18 Å². The van der Waals surface area contributed by atoms with E-state index in [2.05, 4.69) is 0 Å². The molecule has 18 heavy (non-hydrogen) atoms. The summed E-state index contributed by atoms with van der Waals surface area (Å²) in [6, 6.07) is 4.54. The smallest absolute Gasteiger partial charge is 0.328 e. The van der Waals surface area contributed by atoms with Crippen LogP contribution in [-0.4, -0.2) is 17.7 Å². The van der Waals surface area contributed by atoms with Crippen molar-refractivity contribution in [3.63, 3.8) is 0 Å². The predicted octanol–water partition coefficient (Wildman–Crippen LogP) is 3.10. The minimum absolute atomic E-state index is 0.253. The van der Waals surface area contributed by atoms with Crippen LogP contribution in [0.15, 0.2) is 24.3 Å². The standard InChI is InChI=1S/C14H17FO3/c1-10(2)8-18-9-11-3-5-13(15)12(7-11)4-6-14(16)17/h3-7,10H,8-9H2,1-2H3,(H,16,17)/b6-4+. The van der Waals surface area contributed by atoms with Crippen LogP contribution in [0.3, 0.4) is 0 Å². The van der Waals surface area contributed by atoms with Gasteiger partial charge in [-0.2, -0.15) is 0 Å². The molecule has 1 rings (SSSR count). The highest BCUT2D eigenvalue weighted by atomic mass is 19.1. The van der Waals surface area contributed by atoms with Gasteiger partial charge in [-0.3, -0.25) is 0 Å². The molecule has 0 aliphatic heterocycles. The van der Waals surface area contributed by atoms with Crippen LogP contribution in [0.5, 0.6) is 0 Å². The van der Waals surface area contributed by atoms with E-state index in [-0.39, 0.29) is 5.56 Å². The number of hydrogen-bond acceptors (Lipinski definition) is 2. The van der Waals surface area contributed by atoms with Crippen LogP contribution in [0.25, 0.3) is 6.08 Å². The van der Waals surface area contributed by atoms with E-state index in [9.17, 15) is 9.18 Å². The molecule has 98 valence electrons. The number of halogens is 1. The number of rotatable bonds is 6. The van der Waals surface area contributed by atoms with Crippen LogP contribution in [0.4, 0.5) is 4.39 Å². The van der Waals surface area contributed by atoms with E-state index in [0.717, 1.165) is 11.6 Å². The highest BCUT2D eigenvalue weighted by Gasteiger charge is 2.02. The molecule has 0 atom stereocenters. The van der Waals surface area contributed by atoms with Gasteiger partial charge in [0.05, 0.1) is 6.61 Å². The zero-order valence-corrected chi connectivity index (χ0v) is 10.5. The van der Waals surface area contributed by atoms with E-state index in [1.165, 1.54) is 12.1 Å². The van der Waals surface area contributed by atoms with E-state index in [4.69, 9.17) is 9.84 Å². The second-order valence-electron chi connectivity index (χ2n) is 4.44. The van der Waals surface area contributed by atoms with Gasteiger partial charge in [-0.1, -0.05) is 19.9 Å². The number of hydrogen-bond donors (Lipinski definition) is 1. The van der Waals surface area contributed by atoms with Crippen LogP contribution in [0.2, 0.25) is 0 Å². The van der Waals surface area contributed by atoms with Crippen molar-refractivity contribution >= 4 is 12.0 Å². The van der Waals surface area contributed by atoms with Gasteiger partial charge in [0.2, 0.25) is 0 Å². The van der Waals surface area contributed by atoms with E-state index < -0.39 is 11.8 Å². The lowest BCUT2D eigenvalue weighted by Crippen LogP contribution is -2.02. The van der Waals surface area contributed by atoms with E-state index in [0.29, 0.717) is 19.1 Å². The van der Waals surface area contributed by atoms with E-state index in [1.54, 1.807) is 12.1 Å². The third-order valence-electron chi connectivity index (χ3n) is 2.19. The van der Waals surface area contributed by atoms with Crippen molar-refractivity contribution in [2.45, 2.75) is 20.5 Å². The number of aliphatic carboxylic acids is 1. The SMILES string of the molecule is CC(C)COCc1ccc(F)c(/C=C/C(=O)O)c1. The topological polar surface area (TPSA) is 46.5 Å². The summed E-state index contributed by atoms with van der Waals surface area (Å²) in [7, 11) is 0. The summed E-state index contributed by atoms with van der Waals surface area (Å²) >= 11 is 0. The molecule has 0 spiro atoms. The van der Waals surface area contributed by atoms with Gasteiger partial charge in [-0.05, 0) is 29.7 Å². The van der Waals surface area contributed by atoms with Gasteiger partial charge in [-0.15, -0.1) is 0 Å². The highest BCUT2D eigenvalue weighted by Crippen LogP contribution is 2.13. The van der Waals surface area contributed by atoms with Crippen molar-refractivity contribution in [2.75, 3.05) is 6.61 Å². The Labute approximate surface area is 106 Å².